The van der Waals surface area contributed by atoms with E-state index in [1.165, 1.54) is 12.1 Å². The third-order valence-corrected chi connectivity index (χ3v) is 2.41. The van der Waals surface area contributed by atoms with Crippen molar-refractivity contribution in [3.8, 4) is 5.75 Å². The van der Waals surface area contributed by atoms with Crippen LogP contribution in [0.3, 0.4) is 0 Å². The molecule has 0 heterocycles. The summed E-state index contributed by atoms with van der Waals surface area (Å²) in [6, 6.07) is 6.71. The minimum absolute atomic E-state index is 0.0244. The van der Waals surface area contributed by atoms with E-state index >= 15 is 0 Å². The summed E-state index contributed by atoms with van der Waals surface area (Å²) in [6.45, 7) is 9.92. The zero-order valence-corrected chi connectivity index (χ0v) is 11.1. The predicted octanol–water partition coefficient (Wildman–Crippen LogP) is 3.23. The highest BCUT2D eigenvalue weighted by molar-refractivity contribution is 5.22. The number of nitrogens with one attached hydrogen (secondary N) is 1. The van der Waals surface area contributed by atoms with E-state index in [-0.39, 0.29) is 11.2 Å². The van der Waals surface area contributed by atoms with Crippen molar-refractivity contribution in [1.82, 2.24) is 5.32 Å². The molecular formula is C14H22FNO. The Hall–Kier alpha value is -1.09. The van der Waals surface area contributed by atoms with Gasteiger partial charge < -0.3 is 10.1 Å². The van der Waals surface area contributed by atoms with Crippen LogP contribution in [0.2, 0.25) is 0 Å². The first-order valence-electron chi connectivity index (χ1n) is 6.01. The zero-order chi connectivity index (χ0) is 12.9. The average Bonchev–Trinajstić information content (AvgIpc) is 2.24. The lowest BCUT2D eigenvalue weighted by atomic mass is 9.94. The van der Waals surface area contributed by atoms with Gasteiger partial charge in [0.2, 0.25) is 0 Å². The normalized spacial score (nSPS) is 11.9. The molecule has 2 nitrogen and oxygen atoms in total. The van der Waals surface area contributed by atoms with Crippen LogP contribution in [-0.4, -0.2) is 19.2 Å². The molecule has 0 aliphatic rings. The second kappa shape index (κ2) is 6.01. The molecule has 0 aliphatic carbocycles. The maximum absolute atomic E-state index is 12.9. The highest BCUT2D eigenvalue weighted by Gasteiger charge is 2.19. The number of halogens is 1. The van der Waals surface area contributed by atoms with Crippen LogP contribution in [0.4, 0.5) is 4.39 Å². The summed E-state index contributed by atoms with van der Waals surface area (Å²) in [5, 5.41) is 3.38. The van der Waals surface area contributed by atoms with Crippen LogP contribution in [0.25, 0.3) is 0 Å². The van der Waals surface area contributed by atoms with Gasteiger partial charge in [-0.2, -0.15) is 0 Å². The fourth-order valence-corrected chi connectivity index (χ4v) is 1.37. The Bertz CT molecular complexity index is 350. The summed E-state index contributed by atoms with van der Waals surface area (Å²) in [5.74, 6) is 0.322. The molecule has 0 atom stereocenters. The van der Waals surface area contributed by atoms with Crippen molar-refractivity contribution >= 4 is 0 Å². The van der Waals surface area contributed by atoms with E-state index in [9.17, 15) is 4.39 Å². The van der Waals surface area contributed by atoms with Crippen molar-refractivity contribution in [2.24, 2.45) is 5.41 Å². The fraction of sp³-hybridized carbons (Fsp3) is 0.571. The second-order valence-corrected chi connectivity index (χ2v) is 5.45. The largest absolute Gasteiger partial charge is 0.493 e. The van der Waals surface area contributed by atoms with Gasteiger partial charge in [0, 0.05) is 24.1 Å². The standard InChI is InChI=1S/C14H22FNO/c1-11(2)16-9-14(3,4)10-17-13-7-5-6-12(15)8-13/h5-8,11,16H,9-10H2,1-4H3. The SMILES string of the molecule is CC(C)NCC(C)(C)COc1cccc(F)c1. The number of ether oxygens (including phenoxy) is 1. The third kappa shape index (κ3) is 5.68. The van der Waals surface area contributed by atoms with E-state index in [0.29, 0.717) is 18.4 Å². The van der Waals surface area contributed by atoms with Gasteiger partial charge in [-0.25, -0.2) is 4.39 Å². The lowest BCUT2D eigenvalue weighted by Crippen LogP contribution is -2.37. The van der Waals surface area contributed by atoms with Crippen molar-refractivity contribution in [2.75, 3.05) is 13.2 Å². The quantitative estimate of drug-likeness (QED) is 0.823. The topological polar surface area (TPSA) is 21.3 Å². The van der Waals surface area contributed by atoms with E-state index < -0.39 is 0 Å². The first kappa shape index (κ1) is 14.0. The molecule has 96 valence electrons. The molecule has 0 spiro atoms. The Morgan fingerprint density at radius 1 is 1.35 bits per heavy atom. The summed E-state index contributed by atoms with van der Waals surface area (Å²) < 4.78 is 18.6. The highest BCUT2D eigenvalue weighted by atomic mass is 19.1. The smallest absolute Gasteiger partial charge is 0.126 e. The molecule has 0 amide bonds. The van der Waals surface area contributed by atoms with E-state index in [1.54, 1.807) is 12.1 Å². The van der Waals surface area contributed by atoms with Gasteiger partial charge in [-0.1, -0.05) is 33.8 Å². The number of hydrogen-bond donors (Lipinski definition) is 1. The van der Waals surface area contributed by atoms with Gasteiger partial charge in [-0.15, -0.1) is 0 Å². The molecule has 0 bridgehead atoms. The van der Waals surface area contributed by atoms with Crippen LogP contribution < -0.4 is 10.1 Å². The van der Waals surface area contributed by atoms with Crippen LogP contribution >= 0.6 is 0 Å². The number of rotatable bonds is 6. The van der Waals surface area contributed by atoms with Gasteiger partial charge in [0.1, 0.15) is 11.6 Å². The Morgan fingerprint density at radius 2 is 2.06 bits per heavy atom. The summed E-state index contributed by atoms with van der Waals surface area (Å²) in [7, 11) is 0. The number of benzene rings is 1. The molecule has 1 aromatic rings. The summed E-state index contributed by atoms with van der Waals surface area (Å²) in [6.07, 6.45) is 0. The number of hydrogen-bond acceptors (Lipinski definition) is 2. The Kier molecular flexibility index (Phi) is 4.94. The summed E-state index contributed by atoms with van der Waals surface area (Å²) in [5.41, 5.74) is 0.0244. The van der Waals surface area contributed by atoms with Crippen LogP contribution in [0.5, 0.6) is 5.75 Å². The van der Waals surface area contributed by atoms with Crippen LogP contribution in [0.15, 0.2) is 24.3 Å². The van der Waals surface area contributed by atoms with Gasteiger partial charge >= 0.3 is 0 Å². The molecule has 0 fully saturated rings. The maximum Gasteiger partial charge on any atom is 0.126 e. The molecule has 1 rings (SSSR count). The maximum atomic E-state index is 12.9. The van der Waals surface area contributed by atoms with E-state index in [4.69, 9.17) is 4.74 Å². The molecule has 17 heavy (non-hydrogen) atoms. The van der Waals surface area contributed by atoms with Crippen LogP contribution in [0.1, 0.15) is 27.7 Å². The minimum atomic E-state index is -0.263. The van der Waals surface area contributed by atoms with Crippen molar-refractivity contribution in [3.05, 3.63) is 30.1 Å². The highest BCUT2D eigenvalue weighted by Crippen LogP contribution is 2.18. The predicted molar refractivity (Wildman–Crippen MR) is 68.8 cm³/mol. The minimum Gasteiger partial charge on any atom is -0.493 e. The molecule has 0 saturated carbocycles. The second-order valence-electron chi connectivity index (χ2n) is 5.45. The molecular weight excluding hydrogens is 217 g/mol. The van der Waals surface area contributed by atoms with Gasteiger partial charge in [0.05, 0.1) is 6.61 Å². The first-order chi connectivity index (χ1) is 7.89. The Morgan fingerprint density at radius 3 is 2.65 bits per heavy atom. The Labute approximate surface area is 103 Å². The summed E-state index contributed by atoms with van der Waals surface area (Å²) >= 11 is 0. The fourth-order valence-electron chi connectivity index (χ4n) is 1.37. The van der Waals surface area contributed by atoms with Gasteiger partial charge in [0.15, 0.2) is 0 Å². The van der Waals surface area contributed by atoms with Crippen molar-refractivity contribution in [2.45, 2.75) is 33.7 Å². The van der Waals surface area contributed by atoms with E-state index in [0.717, 1.165) is 6.54 Å². The molecule has 1 N–H and O–H groups in total. The lowest BCUT2D eigenvalue weighted by Gasteiger charge is -2.26. The molecule has 0 aromatic heterocycles. The molecule has 0 aliphatic heterocycles. The molecule has 0 radical (unpaired) electrons. The lowest BCUT2D eigenvalue weighted by molar-refractivity contribution is 0.173. The monoisotopic (exact) mass is 239 g/mol. The van der Waals surface area contributed by atoms with Gasteiger partial charge in [-0.3, -0.25) is 0 Å². The van der Waals surface area contributed by atoms with E-state index in [1.807, 2.05) is 0 Å². The van der Waals surface area contributed by atoms with Gasteiger partial charge in [0.25, 0.3) is 0 Å². The van der Waals surface area contributed by atoms with Crippen molar-refractivity contribution < 1.29 is 9.13 Å². The average molecular weight is 239 g/mol. The van der Waals surface area contributed by atoms with Crippen LogP contribution in [0, 0.1) is 11.2 Å². The van der Waals surface area contributed by atoms with Crippen molar-refractivity contribution in [3.63, 3.8) is 0 Å². The van der Waals surface area contributed by atoms with E-state index in [2.05, 4.69) is 33.0 Å². The molecule has 1 aromatic carbocycles. The first-order valence-corrected chi connectivity index (χ1v) is 6.01. The van der Waals surface area contributed by atoms with Crippen molar-refractivity contribution in [1.29, 1.82) is 0 Å². The van der Waals surface area contributed by atoms with Crippen LogP contribution in [-0.2, 0) is 0 Å². The molecule has 0 saturated heterocycles. The molecule has 0 unspecified atom stereocenters. The van der Waals surface area contributed by atoms with Gasteiger partial charge in [-0.05, 0) is 12.1 Å². The molecule has 3 heteroatoms. The third-order valence-electron chi connectivity index (χ3n) is 2.41. The summed E-state index contributed by atoms with van der Waals surface area (Å²) in [4.78, 5) is 0. The zero-order valence-electron chi connectivity index (χ0n) is 11.1. The Balaban J connectivity index is 2.43.